The predicted molar refractivity (Wildman–Crippen MR) is 168 cm³/mol. The summed E-state index contributed by atoms with van der Waals surface area (Å²) in [5, 5.41) is 13.2. The maximum Gasteiger partial charge on any atom is 0.354 e. The van der Waals surface area contributed by atoms with Gasteiger partial charge in [0.05, 0.1) is 18.9 Å². The van der Waals surface area contributed by atoms with E-state index >= 15 is 0 Å². The summed E-state index contributed by atoms with van der Waals surface area (Å²) in [7, 11) is -2.85. The summed E-state index contributed by atoms with van der Waals surface area (Å²) < 4.78 is 33.7. The van der Waals surface area contributed by atoms with Crippen molar-refractivity contribution in [1.29, 1.82) is 5.41 Å². The lowest BCUT2D eigenvalue weighted by Crippen LogP contribution is -2.36. The standard InChI is InChI=1S/C31H37N5O7S/c1-6-31(7-2,8-3)18-34-28(37)20-11-14-22(24(17-20)30(39)43-44(5,40)41)23-15-16-25(42-4)36-26(23)29(38)35-21-12-9-19(10-13-21)27(32)33/h9-17H,6-8,18H2,1-5H3,(H3,32,33)(H,34,37)(H,35,38). The summed E-state index contributed by atoms with van der Waals surface area (Å²) >= 11 is 0. The molecule has 3 aromatic rings. The number of carbonyl (C=O) groups is 3. The number of nitrogens with one attached hydrogen (secondary N) is 3. The minimum Gasteiger partial charge on any atom is -0.481 e. The number of hydrogen-bond donors (Lipinski definition) is 4. The van der Waals surface area contributed by atoms with Gasteiger partial charge < -0.3 is 25.3 Å². The van der Waals surface area contributed by atoms with Crippen molar-refractivity contribution in [3.05, 3.63) is 77.0 Å². The number of nitrogens with zero attached hydrogens (tertiary/aromatic N) is 1. The van der Waals surface area contributed by atoms with Gasteiger partial charge in [0.2, 0.25) is 5.88 Å². The van der Waals surface area contributed by atoms with Crippen LogP contribution in [0.3, 0.4) is 0 Å². The highest BCUT2D eigenvalue weighted by atomic mass is 32.2. The molecule has 234 valence electrons. The molecule has 2 amide bonds. The van der Waals surface area contributed by atoms with Crippen LogP contribution in [-0.2, 0) is 14.3 Å². The van der Waals surface area contributed by atoms with Crippen LogP contribution in [-0.4, -0.2) is 56.9 Å². The second-order valence-electron chi connectivity index (χ2n) is 10.3. The molecular formula is C31H37N5O7S. The Morgan fingerprint density at radius 3 is 2.05 bits per heavy atom. The molecule has 0 saturated carbocycles. The molecule has 0 unspecified atom stereocenters. The topological polar surface area (TPSA) is 191 Å². The van der Waals surface area contributed by atoms with Gasteiger partial charge in [0, 0.05) is 35.0 Å². The van der Waals surface area contributed by atoms with Crippen LogP contribution >= 0.6 is 0 Å². The lowest BCUT2D eigenvalue weighted by molar-refractivity contribution is 0.0748. The van der Waals surface area contributed by atoms with Crippen molar-refractivity contribution in [3.63, 3.8) is 0 Å². The van der Waals surface area contributed by atoms with E-state index in [0.717, 1.165) is 25.5 Å². The molecule has 0 saturated heterocycles. The fourth-order valence-electron chi connectivity index (χ4n) is 4.64. The third-order valence-electron chi connectivity index (χ3n) is 7.64. The van der Waals surface area contributed by atoms with Crippen LogP contribution < -0.4 is 21.1 Å². The Balaban J connectivity index is 2.09. The van der Waals surface area contributed by atoms with Crippen molar-refractivity contribution >= 4 is 39.4 Å². The van der Waals surface area contributed by atoms with Gasteiger partial charge in [-0.05, 0) is 72.7 Å². The van der Waals surface area contributed by atoms with Crippen molar-refractivity contribution in [2.24, 2.45) is 11.1 Å². The Labute approximate surface area is 257 Å². The molecule has 0 bridgehead atoms. The van der Waals surface area contributed by atoms with Gasteiger partial charge in [0.15, 0.2) is 0 Å². The monoisotopic (exact) mass is 623 g/mol. The number of aromatic nitrogens is 1. The van der Waals surface area contributed by atoms with Crippen LogP contribution in [0.1, 0.15) is 76.8 Å². The maximum absolute atomic E-state index is 13.5. The summed E-state index contributed by atoms with van der Waals surface area (Å²) in [5.41, 5.74) is 6.21. The smallest absolute Gasteiger partial charge is 0.354 e. The Morgan fingerprint density at radius 1 is 0.909 bits per heavy atom. The van der Waals surface area contributed by atoms with E-state index in [-0.39, 0.29) is 45.1 Å². The molecule has 0 radical (unpaired) electrons. The summed E-state index contributed by atoms with van der Waals surface area (Å²) in [4.78, 5) is 44.1. The van der Waals surface area contributed by atoms with Crippen LogP contribution in [0.5, 0.6) is 5.88 Å². The van der Waals surface area contributed by atoms with Crippen molar-refractivity contribution in [3.8, 4) is 17.0 Å². The second kappa shape index (κ2) is 14.1. The van der Waals surface area contributed by atoms with Gasteiger partial charge in [-0.25, -0.2) is 9.78 Å². The highest BCUT2D eigenvalue weighted by Gasteiger charge is 2.27. The summed E-state index contributed by atoms with van der Waals surface area (Å²) in [5.74, 6) is -2.39. The van der Waals surface area contributed by atoms with Crippen molar-refractivity contribution < 1.29 is 31.7 Å². The van der Waals surface area contributed by atoms with Crippen LogP contribution in [0.2, 0.25) is 0 Å². The number of hydrogen-bond acceptors (Lipinski definition) is 9. The Morgan fingerprint density at radius 2 is 1.50 bits per heavy atom. The first-order valence-corrected chi connectivity index (χ1v) is 15.7. The summed E-state index contributed by atoms with van der Waals surface area (Å²) in [6, 6.07) is 13.3. The van der Waals surface area contributed by atoms with E-state index in [1.54, 1.807) is 24.3 Å². The number of nitrogen functional groups attached to an aromatic ring is 1. The SMILES string of the molecule is CCC(CC)(CC)CNC(=O)c1ccc(-c2ccc(OC)nc2C(=O)Nc2ccc(C(=N)N)cc2)c(C(=O)OS(C)(=O)=O)c1. The molecule has 0 aliphatic rings. The van der Waals surface area contributed by atoms with Gasteiger partial charge in [-0.3, -0.25) is 15.0 Å². The predicted octanol–water partition coefficient (Wildman–Crippen LogP) is 4.36. The van der Waals surface area contributed by atoms with Crippen LogP contribution in [0, 0.1) is 10.8 Å². The number of ether oxygens (including phenoxy) is 1. The molecular weight excluding hydrogens is 586 g/mol. The van der Waals surface area contributed by atoms with E-state index in [1.165, 1.54) is 37.4 Å². The van der Waals surface area contributed by atoms with Crippen molar-refractivity contribution in [2.45, 2.75) is 40.0 Å². The van der Waals surface area contributed by atoms with Gasteiger partial charge in [-0.2, -0.15) is 8.42 Å². The quantitative estimate of drug-likeness (QED) is 0.122. The maximum atomic E-state index is 13.5. The van der Waals surface area contributed by atoms with Gasteiger partial charge in [0.1, 0.15) is 11.5 Å². The summed E-state index contributed by atoms with van der Waals surface area (Å²) in [6.45, 7) is 6.60. The molecule has 44 heavy (non-hydrogen) atoms. The number of carbonyl (C=O) groups excluding carboxylic acids is 3. The third kappa shape index (κ3) is 8.19. The van der Waals surface area contributed by atoms with Crippen LogP contribution in [0.15, 0.2) is 54.6 Å². The number of anilines is 1. The molecule has 2 aromatic carbocycles. The van der Waals surface area contributed by atoms with E-state index in [1.807, 2.05) is 0 Å². The van der Waals surface area contributed by atoms with Crippen molar-refractivity contribution in [2.75, 3.05) is 25.2 Å². The van der Waals surface area contributed by atoms with E-state index < -0.39 is 27.9 Å². The fourth-order valence-corrected chi connectivity index (χ4v) is 5.00. The minimum atomic E-state index is -4.22. The zero-order chi connectivity index (χ0) is 32.7. The Kier molecular flexibility index (Phi) is 10.8. The number of rotatable bonds is 13. The number of nitrogens with two attached hydrogens (primary N) is 1. The molecule has 0 fully saturated rings. The molecule has 0 aliphatic heterocycles. The van der Waals surface area contributed by atoms with Gasteiger partial charge >= 0.3 is 16.1 Å². The molecule has 13 heteroatoms. The van der Waals surface area contributed by atoms with Gasteiger partial charge in [-0.1, -0.05) is 26.8 Å². The zero-order valence-electron chi connectivity index (χ0n) is 25.3. The molecule has 5 N–H and O–H groups in total. The van der Waals surface area contributed by atoms with E-state index in [9.17, 15) is 22.8 Å². The summed E-state index contributed by atoms with van der Waals surface area (Å²) in [6.07, 6.45) is 3.32. The highest BCUT2D eigenvalue weighted by molar-refractivity contribution is 7.86. The Bertz CT molecular complexity index is 1660. The first-order valence-electron chi connectivity index (χ1n) is 13.9. The molecule has 0 spiro atoms. The van der Waals surface area contributed by atoms with E-state index in [2.05, 4.69) is 40.6 Å². The average molecular weight is 624 g/mol. The molecule has 1 aromatic heterocycles. The van der Waals surface area contributed by atoms with Gasteiger partial charge in [0.25, 0.3) is 11.8 Å². The molecule has 3 rings (SSSR count). The van der Waals surface area contributed by atoms with Crippen LogP contribution in [0.25, 0.3) is 11.1 Å². The lowest BCUT2D eigenvalue weighted by atomic mass is 9.80. The van der Waals surface area contributed by atoms with E-state index in [4.69, 9.17) is 15.9 Å². The largest absolute Gasteiger partial charge is 0.481 e. The normalized spacial score (nSPS) is 11.4. The van der Waals surface area contributed by atoms with Crippen molar-refractivity contribution in [1.82, 2.24) is 10.3 Å². The molecule has 12 nitrogen and oxygen atoms in total. The average Bonchev–Trinajstić information content (AvgIpc) is 3.00. The number of benzene rings is 2. The fraction of sp³-hybridized carbons (Fsp3) is 0.323. The van der Waals surface area contributed by atoms with Crippen LogP contribution in [0.4, 0.5) is 5.69 Å². The van der Waals surface area contributed by atoms with Gasteiger partial charge in [-0.15, -0.1) is 0 Å². The van der Waals surface area contributed by atoms with E-state index in [0.29, 0.717) is 17.8 Å². The number of amides is 2. The Hall–Kier alpha value is -4.78. The number of amidine groups is 1. The molecule has 1 heterocycles. The lowest BCUT2D eigenvalue weighted by Gasteiger charge is -2.30. The molecule has 0 atom stereocenters. The highest BCUT2D eigenvalue weighted by Crippen LogP contribution is 2.32. The molecule has 0 aliphatic carbocycles. The zero-order valence-corrected chi connectivity index (χ0v) is 26.1. The first kappa shape index (κ1) is 33.7. The first-order chi connectivity index (χ1) is 20.8. The number of pyridine rings is 1. The minimum absolute atomic E-state index is 0.0862. The number of methoxy groups -OCH3 is 1. The second-order valence-corrected chi connectivity index (χ2v) is 11.8. The third-order valence-corrected chi connectivity index (χ3v) is 8.09.